The Labute approximate surface area is 103 Å². The molecule has 0 aliphatic carbocycles. The van der Waals surface area contributed by atoms with Crippen LogP contribution in [0.25, 0.3) is 0 Å². The minimum absolute atomic E-state index is 0.175. The van der Waals surface area contributed by atoms with Crippen molar-refractivity contribution < 1.29 is 4.74 Å². The number of nitrogens with zero attached hydrogens (tertiary/aromatic N) is 1. The van der Waals surface area contributed by atoms with Gasteiger partial charge in [0.05, 0.1) is 18.9 Å². The van der Waals surface area contributed by atoms with Crippen LogP contribution in [0.15, 0.2) is 24.3 Å². The van der Waals surface area contributed by atoms with Crippen LogP contribution >= 0.6 is 0 Å². The quantitative estimate of drug-likeness (QED) is 0.817. The van der Waals surface area contributed by atoms with Crippen LogP contribution in [-0.2, 0) is 0 Å². The van der Waals surface area contributed by atoms with Gasteiger partial charge in [-0.25, -0.2) is 0 Å². The molecule has 0 bridgehead atoms. The Morgan fingerprint density at radius 3 is 2.71 bits per heavy atom. The van der Waals surface area contributed by atoms with Crippen molar-refractivity contribution in [3.8, 4) is 11.8 Å². The van der Waals surface area contributed by atoms with E-state index in [-0.39, 0.29) is 6.04 Å². The topological polar surface area (TPSA) is 45.0 Å². The Bertz CT molecular complexity index is 384. The molecule has 3 nitrogen and oxygen atoms in total. The molecule has 2 unspecified atom stereocenters. The van der Waals surface area contributed by atoms with E-state index >= 15 is 0 Å². The number of methoxy groups -OCH3 is 1. The smallest absolute Gasteiger partial charge is 0.141 e. The maximum atomic E-state index is 9.19. The number of para-hydroxylation sites is 2. The summed E-state index contributed by atoms with van der Waals surface area (Å²) in [5, 5.41) is 12.4. The third-order valence-corrected chi connectivity index (χ3v) is 2.87. The van der Waals surface area contributed by atoms with Crippen LogP contribution in [-0.4, -0.2) is 13.2 Å². The summed E-state index contributed by atoms with van der Waals surface area (Å²) in [4.78, 5) is 0. The van der Waals surface area contributed by atoms with Gasteiger partial charge in [0.2, 0.25) is 0 Å². The summed E-state index contributed by atoms with van der Waals surface area (Å²) in [6.07, 6.45) is 2.13. The van der Waals surface area contributed by atoms with Gasteiger partial charge in [-0.1, -0.05) is 32.4 Å². The summed E-state index contributed by atoms with van der Waals surface area (Å²) in [5.74, 6) is 1.10. The Hall–Kier alpha value is -1.69. The Morgan fingerprint density at radius 2 is 2.12 bits per heavy atom. The predicted molar refractivity (Wildman–Crippen MR) is 70.1 cm³/mol. The minimum Gasteiger partial charge on any atom is -0.495 e. The van der Waals surface area contributed by atoms with Crippen molar-refractivity contribution in [1.29, 1.82) is 5.26 Å². The van der Waals surface area contributed by atoms with Crippen LogP contribution in [0.1, 0.15) is 26.7 Å². The highest BCUT2D eigenvalue weighted by atomic mass is 16.5. The van der Waals surface area contributed by atoms with Crippen molar-refractivity contribution in [2.24, 2.45) is 5.92 Å². The number of hydrogen-bond donors (Lipinski definition) is 1. The predicted octanol–water partition coefficient (Wildman–Crippen LogP) is 3.44. The number of hydrogen-bond acceptors (Lipinski definition) is 3. The van der Waals surface area contributed by atoms with Crippen molar-refractivity contribution in [1.82, 2.24) is 0 Å². The van der Waals surface area contributed by atoms with E-state index in [2.05, 4.69) is 25.2 Å². The second-order valence-electron chi connectivity index (χ2n) is 4.22. The molecular weight excluding hydrogens is 212 g/mol. The number of anilines is 1. The zero-order chi connectivity index (χ0) is 12.7. The molecule has 0 amide bonds. The lowest BCUT2D eigenvalue weighted by Crippen LogP contribution is -2.25. The molecule has 2 atom stereocenters. The highest BCUT2D eigenvalue weighted by Gasteiger charge is 2.16. The third kappa shape index (κ3) is 3.67. The molecule has 0 aromatic heterocycles. The summed E-state index contributed by atoms with van der Waals surface area (Å²) < 4.78 is 5.26. The van der Waals surface area contributed by atoms with Gasteiger partial charge in [0.25, 0.3) is 0 Å². The standard InChI is InChI=1S/C14H20N2O/c1-4-7-11(2)13(10-15)16-12-8-5-6-9-14(12)17-3/h5-6,8-9,11,13,16H,4,7H2,1-3H3. The van der Waals surface area contributed by atoms with Crippen LogP contribution in [0.4, 0.5) is 5.69 Å². The molecule has 0 heterocycles. The van der Waals surface area contributed by atoms with Gasteiger partial charge in [-0.15, -0.1) is 0 Å². The fraction of sp³-hybridized carbons (Fsp3) is 0.500. The second kappa shape index (κ2) is 6.80. The maximum Gasteiger partial charge on any atom is 0.141 e. The molecule has 0 aliphatic rings. The summed E-state index contributed by atoms with van der Waals surface area (Å²) >= 11 is 0. The molecule has 1 aromatic carbocycles. The Balaban J connectivity index is 2.77. The van der Waals surface area contributed by atoms with Crippen LogP contribution in [0.5, 0.6) is 5.75 Å². The van der Waals surface area contributed by atoms with Gasteiger partial charge in [0.1, 0.15) is 11.8 Å². The zero-order valence-corrected chi connectivity index (χ0v) is 10.7. The maximum absolute atomic E-state index is 9.19. The number of nitriles is 1. The first-order valence-corrected chi connectivity index (χ1v) is 6.02. The molecule has 92 valence electrons. The van der Waals surface area contributed by atoms with Gasteiger partial charge in [-0.2, -0.15) is 5.26 Å². The van der Waals surface area contributed by atoms with Crippen molar-refractivity contribution >= 4 is 5.69 Å². The second-order valence-corrected chi connectivity index (χ2v) is 4.22. The molecule has 0 fully saturated rings. The highest BCUT2D eigenvalue weighted by molar-refractivity contribution is 5.57. The SMILES string of the molecule is CCCC(C)C(C#N)Nc1ccccc1OC. The molecule has 1 rings (SSSR count). The highest BCUT2D eigenvalue weighted by Crippen LogP contribution is 2.25. The molecule has 0 saturated heterocycles. The van der Waals surface area contributed by atoms with E-state index in [1.807, 2.05) is 24.3 Å². The van der Waals surface area contributed by atoms with Gasteiger partial charge in [0.15, 0.2) is 0 Å². The van der Waals surface area contributed by atoms with E-state index in [0.29, 0.717) is 5.92 Å². The van der Waals surface area contributed by atoms with Crippen molar-refractivity contribution in [2.45, 2.75) is 32.7 Å². The monoisotopic (exact) mass is 232 g/mol. The van der Waals surface area contributed by atoms with Crippen molar-refractivity contribution in [3.05, 3.63) is 24.3 Å². The first-order valence-electron chi connectivity index (χ1n) is 6.02. The molecule has 0 saturated carbocycles. The van der Waals surface area contributed by atoms with Crippen molar-refractivity contribution in [3.63, 3.8) is 0 Å². The summed E-state index contributed by atoms with van der Waals surface area (Å²) in [6.45, 7) is 4.23. The molecule has 0 aliphatic heterocycles. The molecule has 0 radical (unpaired) electrons. The Morgan fingerprint density at radius 1 is 1.41 bits per heavy atom. The number of nitrogens with one attached hydrogen (secondary N) is 1. The van der Waals surface area contributed by atoms with E-state index in [1.54, 1.807) is 7.11 Å². The summed E-state index contributed by atoms with van der Waals surface area (Å²) in [6, 6.07) is 9.82. The van der Waals surface area contributed by atoms with Crippen LogP contribution in [0, 0.1) is 17.2 Å². The molecule has 3 heteroatoms. The normalized spacial score (nSPS) is 13.5. The van der Waals surface area contributed by atoms with Gasteiger partial charge in [-0.3, -0.25) is 0 Å². The lowest BCUT2D eigenvalue weighted by atomic mass is 9.97. The first-order chi connectivity index (χ1) is 8.22. The molecule has 0 spiro atoms. The molecule has 17 heavy (non-hydrogen) atoms. The lowest BCUT2D eigenvalue weighted by molar-refractivity contribution is 0.415. The van der Waals surface area contributed by atoms with Gasteiger partial charge in [0, 0.05) is 0 Å². The lowest BCUT2D eigenvalue weighted by Gasteiger charge is -2.20. The van der Waals surface area contributed by atoms with Crippen molar-refractivity contribution in [2.75, 3.05) is 12.4 Å². The number of ether oxygens (including phenoxy) is 1. The average Bonchev–Trinajstić information content (AvgIpc) is 2.36. The average molecular weight is 232 g/mol. The van der Waals surface area contributed by atoms with E-state index in [4.69, 9.17) is 4.74 Å². The Kier molecular flexibility index (Phi) is 5.35. The molecule has 1 aromatic rings. The number of benzene rings is 1. The summed E-state index contributed by atoms with van der Waals surface area (Å²) in [7, 11) is 1.64. The molecule has 1 N–H and O–H groups in total. The number of rotatable bonds is 6. The van der Waals surface area contributed by atoms with E-state index in [9.17, 15) is 5.26 Å². The molecular formula is C14H20N2O. The third-order valence-electron chi connectivity index (χ3n) is 2.87. The van der Waals surface area contributed by atoms with Gasteiger partial charge in [-0.05, 0) is 24.5 Å². The van der Waals surface area contributed by atoms with Gasteiger partial charge >= 0.3 is 0 Å². The van der Waals surface area contributed by atoms with Gasteiger partial charge < -0.3 is 10.1 Å². The van der Waals surface area contributed by atoms with E-state index in [0.717, 1.165) is 24.3 Å². The largest absolute Gasteiger partial charge is 0.495 e. The first kappa shape index (κ1) is 13.4. The fourth-order valence-corrected chi connectivity index (χ4v) is 1.86. The van der Waals surface area contributed by atoms with Crippen LogP contribution in [0.3, 0.4) is 0 Å². The van der Waals surface area contributed by atoms with Crippen LogP contribution < -0.4 is 10.1 Å². The van der Waals surface area contributed by atoms with E-state index in [1.165, 1.54) is 0 Å². The minimum atomic E-state index is -0.175. The fourth-order valence-electron chi connectivity index (χ4n) is 1.86. The van der Waals surface area contributed by atoms with Crippen LogP contribution in [0.2, 0.25) is 0 Å². The zero-order valence-electron chi connectivity index (χ0n) is 10.7. The van der Waals surface area contributed by atoms with E-state index < -0.39 is 0 Å². The summed E-state index contributed by atoms with van der Waals surface area (Å²) in [5.41, 5.74) is 0.879.